The molecule has 0 spiro atoms. The van der Waals surface area contributed by atoms with Gasteiger partial charge in [0.15, 0.2) is 0 Å². The molecule has 36 heavy (non-hydrogen) atoms. The first kappa shape index (κ1) is 31.8. The number of hydrogen-bond acceptors (Lipinski definition) is 9. The molecule has 6 amide bonds. The zero-order chi connectivity index (χ0) is 27.8. The quantitative estimate of drug-likeness (QED) is 0.162. The van der Waals surface area contributed by atoms with Crippen molar-refractivity contribution in [1.82, 2.24) is 20.4 Å². The van der Waals surface area contributed by atoms with Crippen LogP contribution in [0.2, 0.25) is 0 Å². The number of urea groups is 3. The van der Waals surface area contributed by atoms with Crippen molar-refractivity contribution in [1.29, 1.82) is 0 Å². The number of esters is 3. The normalized spacial score (nSPS) is 9.78. The van der Waals surface area contributed by atoms with Crippen LogP contribution in [0.1, 0.15) is 27.7 Å². The maximum Gasteiger partial charge on any atom is 0.336 e. The van der Waals surface area contributed by atoms with Crippen molar-refractivity contribution in [2.75, 3.05) is 46.0 Å². The fraction of sp³-hybridized carbons (Fsp3) is 0.478. The Morgan fingerprint density at radius 3 is 1.36 bits per heavy atom. The van der Waals surface area contributed by atoms with Crippen molar-refractivity contribution in [3.8, 4) is 0 Å². The largest absolute Gasteiger partial charge is 0.460 e. The second-order valence-electron chi connectivity index (χ2n) is 7.40. The summed E-state index contributed by atoms with van der Waals surface area (Å²) in [5, 5.41) is 4.81. The third-order valence-corrected chi connectivity index (χ3v) is 4.03. The highest BCUT2D eigenvalue weighted by atomic mass is 16.5. The maximum atomic E-state index is 13.2. The van der Waals surface area contributed by atoms with E-state index in [0.29, 0.717) is 9.80 Å². The van der Waals surface area contributed by atoms with Crippen LogP contribution in [0.4, 0.5) is 14.4 Å². The van der Waals surface area contributed by atoms with Gasteiger partial charge in [0.2, 0.25) is 0 Å². The van der Waals surface area contributed by atoms with E-state index in [9.17, 15) is 28.8 Å². The van der Waals surface area contributed by atoms with Crippen molar-refractivity contribution < 1.29 is 43.0 Å². The fourth-order valence-electron chi connectivity index (χ4n) is 2.19. The smallest absolute Gasteiger partial charge is 0.336 e. The minimum atomic E-state index is -1.07. The average molecular weight is 511 g/mol. The Morgan fingerprint density at radius 1 is 0.639 bits per heavy atom. The maximum absolute atomic E-state index is 13.2. The van der Waals surface area contributed by atoms with Crippen LogP contribution in [0.15, 0.2) is 36.5 Å². The molecule has 0 heterocycles. The predicted octanol–water partition coefficient (Wildman–Crippen LogP) is 1.51. The van der Waals surface area contributed by atoms with Gasteiger partial charge in [0.25, 0.3) is 0 Å². The highest BCUT2D eigenvalue weighted by molar-refractivity contribution is 6.01. The summed E-state index contributed by atoms with van der Waals surface area (Å²) >= 11 is 0. The molecular weight excluding hydrogens is 476 g/mol. The van der Waals surface area contributed by atoms with Crippen LogP contribution in [-0.4, -0.2) is 91.8 Å². The highest BCUT2D eigenvalue weighted by Gasteiger charge is 2.31. The van der Waals surface area contributed by atoms with Crippen LogP contribution in [0, 0.1) is 0 Å². The molecule has 0 fully saturated rings. The Morgan fingerprint density at radius 2 is 1.00 bits per heavy atom. The van der Waals surface area contributed by atoms with E-state index in [0.717, 1.165) is 0 Å². The SMILES string of the molecule is C=C(C)C(=O)OCCNC(=O)N(CCOC(=O)C(=C)C)C(=O)N(CCOC(=O)C(=C)C)C(=O)NCC. The van der Waals surface area contributed by atoms with Crippen molar-refractivity contribution in [3.05, 3.63) is 36.5 Å². The summed E-state index contributed by atoms with van der Waals surface area (Å²) in [4.78, 5) is 74.5. The van der Waals surface area contributed by atoms with E-state index in [2.05, 4.69) is 30.4 Å². The van der Waals surface area contributed by atoms with E-state index in [1.807, 2.05) is 0 Å². The third-order valence-electron chi connectivity index (χ3n) is 4.03. The summed E-state index contributed by atoms with van der Waals surface area (Å²) < 4.78 is 14.8. The van der Waals surface area contributed by atoms with Crippen LogP contribution >= 0.6 is 0 Å². The second-order valence-corrected chi connectivity index (χ2v) is 7.40. The van der Waals surface area contributed by atoms with E-state index in [4.69, 9.17) is 14.2 Å². The lowest BCUT2D eigenvalue weighted by Crippen LogP contribution is -2.56. The zero-order valence-corrected chi connectivity index (χ0v) is 21.1. The molecule has 0 aliphatic rings. The lowest BCUT2D eigenvalue weighted by Gasteiger charge is -2.28. The van der Waals surface area contributed by atoms with Gasteiger partial charge in [-0.2, -0.15) is 0 Å². The molecule has 0 aromatic carbocycles. The minimum absolute atomic E-state index is 0.111. The number of rotatable bonds is 13. The first-order chi connectivity index (χ1) is 16.8. The Labute approximate surface area is 210 Å². The average Bonchev–Trinajstić information content (AvgIpc) is 2.81. The summed E-state index contributed by atoms with van der Waals surface area (Å²) in [6.45, 7) is 14.5. The highest BCUT2D eigenvalue weighted by Crippen LogP contribution is 2.04. The lowest BCUT2D eigenvalue weighted by atomic mass is 10.4. The van der Waals surface area contributed by atoms with Crippen LogP contribution in [-0.2, 0) is 28.6 Å². The molecule has 0 aromatic heterocycles. The number of carbonyl (C=O) groups excluding carboxylic acids is 6. The van der Waals surface area contributed by atoms with Gasteiger partial charge in [0.1, 0.15) is 19.8 Å². The van der Waals surface area contributed by atoms with Gasteiger partial charge in [-0.3, -0.25) is 0 Å². The summed E-state index contributed by atoms with van der Waals surface area (Å²) in [6.07, 6.45) is 0. The Hall–Kier alpha value is -4.16. The number of ether oxygens (including phenoxy) is 3. The molecule has 0 bridgehead atoms. The van der Waals surface area contributed by atoms with Gasteiger partial charge in [-0.05, 0) is 27.7 Å². The van der Waals surface area contributed by atoms with Crippen molar-refractivity contribution in [2.45, 2.75) is 27.7 Å². The van der Waals surface area contributed by atoms with Gasteiger partial charge >= 0.3 is 36.0 Å². The van der Waals surface area contributed by atoms with E-state index < -0.39 is 42.5 Å². The van der Waals surface area contributed by atoms with Crippen LogP contribution in [0.3, 0.4) is 0 Å². The number of carbonyl (C=O) groups is 6. The molecule has 13 heteroatoms. The van der Waals surface area contributed by atoms with Crippen molar-refractivity contribution >= 4 is 36.0 Å². The first-order valence-electron chi connectivity index (χ1n) is 11.0. The molecule has 0 aliphatic carbocycles. The predicted molar refractivity (Wildman–Crippen MR) is 129 cm³/mol. The number of hydrogen-bond donors (Lipinski definition) is 2. The number of amides is 6. The molecule has 0 saturated carbocycles. The number of nitrogens with zero attached hydrogens (tertiary/aromatic N) is 2. The van der Waals surface area contributed by atoms with E-state index in [-0.39, 0.29) is 56.2 Å². The summed E-state index contributed by atoms with van der Waals surface area (Å²) in [5.41, 5.74) is 0.404. The van der Waals surface area contributed by atoms with Crippen LogP contribution in [0.25, 0.3) is 0 Å². The van der Waals surface area contributed by atoms with Gasteiger partial charge < -0.3 is 24.8 Å². The minimum Gasteiger partial charge on any atom is -0.460 e. The van der Waals surface area contributed by atoms with Crippen molar-refractivity contribution in [2.24, 2.45) is 0 Å². The van der Waals surface area contributed by atoms with Crippen molar-refractivity contribution in [3.63, 3.8) is 0 Å². The Bertz CT molecular complexity index is 898. The fourth-order valence-corrected chi connectivity index (χ4v) is 2.19. The van der Waals surface area contributed by atoms with E-state index in [1.165, 1.54) is 20.8 Å². The third kappa shape index (κ3) is 11.8. The van der Waals surface area contributed by atoms with Gasteiger partial charge in [-0.1, -0.05) is 19.7 Å². The number of imide groups is 2. The molecule has 0 aliphatic heterocycles. The summed E-state index contributed by atoms with van der Waals surface area (Å²) in [6, 6.07) is -2.87. The van der Waals surface area contributed by atoms with Gasteiger partial charge in [0.05, 0.1) is 19.6 Å². The summed E-state index contributed by atoms with van der Waals surface area (Å²) in [5.74, 6) is -2.11. The molecule has 13 nitrogen and oxygen atoms in total. The molecule has 0 radical (unpaired) electrons. The topological polar surface area (TPSA) is 161 Å². The molecule has 200 valence electrons. The molecule has 0 saturated heterocycles. The van der Waals surface area contributed by atoms with Crippen LogP contribution < -0.4 is 10.6 Å². The lowest BCUT2D eigenvalue weighted by molar-refractivity contribution is -0.139. The van der Waals surface area contributed by atoms with Gasteiger partial charge in [0, 0.05) is 23.3 Å². The van der Waals surface area contributed by atoms with Gasteiger partial charge in [-0.25, -0.2) is 38.6 Å². The Kier molecular flexibility index (Phi) is 14.6. The molecule has 0 aromatic rings. The van der Waals surface area contributed by atoms with E-state index >= 15 is 0 Å². The standard InChI is InChI=1S/C23H34N4O9/c1-8-24-21(31)26(10-13-35-19(29)16(4)5)23(33)27(11-14-36-20(30)17(6)7)22(32)25-9-12-34-18(28)15(2)3/h2,4,6,8-14H2,1,3,5,7H3,(H,24,31)(H,25,32). The molecule has 0 rings (SSSR count). The molecule has 0 atom stereocenters. The van der Waals surface area contributed by atoms with E-state index in [1.54, 1.807) is 6.92 Å². The van der Waals surface area contributed by atoms with Gasteiger partial charge in [-0.15, -0.1) is 0 Å². The molecular formula is C23H34N4O9. The second kappa shape index (κ2) is 16.5. The number of nitrogens with one attached hydrogen (secondary N) is 2. The monoisotopic (exact) mass is 510 g/mol. The molecule has 0 unspecified atom stereocenters. The Balaban J connectivity index is 5.53. The molecule has 2 N–H and O–H groups in total. The zero-order valence-electron chi connectivity index (χ0n) is 21.1. The first-order valence-corrected chi connectivity index (χ1v) is 11.0. The van der Waals surface area contributed by atoms with Crippen LogP contribution in [0.5, 0.6) is 0 Å². The summed E-state index contributed by atoms with van der Waals surface area (Å²) in [7, 11) is 0.